The van der Waals surface area contributed by atoms with Gasteiger partial charge in [-0.2, -0.15) is 4.31 Å². The van der Waals surface area contributed by atoms with Crippen LogP contribution in [-0.4, -0.2) is 49.8 Å². The van der Waals surface area contributed by atoms with Crippen LogP contribution in [0.25, 0.3) is 0 Å². The van der Waals surface area contributed by atoms with Crippen molar-refractivity contribution in [3.05, 3.63) is 23.8 Å². The summed E-state index contributed by atoms with van der Waals surface area (Å²) in [5, 5.41) is 0. The van der Waals surface area contributed by atoms with Crippen LogP contribution in [0.15, 0.2) is 23.1 Å². The molecule has 1 atom stereocenters. The predicted molar refractivity (Wildman–Crippen MR) is 81.1 cm³/mol. The summed E-state index contributed by atoms with van der Waals surface area (Å²) in [5.41, 5.74) is 7.12. The van der Waals surface area contributed by atoms with Crippen molar-refractivity contribution in [2.75, 3.05) is 31.9 Å². The van der Waals surface area contributed by atoms with Gasteiger partial charge in [-0.05, 0) is 44.2 Å². The molecule has 0 aliphatic carbocycles. The maximum absolute atomic E-state index is 12.7. The van der Waals surface area contributed by atoms with E-state index < -0.39 is 10.0 Å². The van der Waals surface area contributed by atoms with E-state index in [2.05, 4.69) is 18.7 Å². The predicted octanol–water partition coefficient (Wildman–Crippen LogP) is 1.29. The highest BCUT2D eigenvalue weighted by atomic mass is 32.2. The van der Waals surface area contributed by atoms with Crippen molar-refractivity contribution >= 4 is 15.7 Å². The van der Waals surface area contributed by atoms with Crippen LogP contribution in [0.1, 0.15) is 19.4 Å². The van der Waals surface area contributed by atoms with E-state index in [0.717, 1.165) is 18.7 Å². The summed E-state index contributed by atoms with van der Waals surface area (Å²) in [5.74, 6) is 0. The molecule has 6 heteroatoms. The first kappa shape index (κ1) is 15.3. The molecule has 0 aromatic heterocycles. The zero-order valence-electron chi connectivity index (χ0n) is 12.3. The second-order valence-corrected chi connectivity index (χ2v) is 7.36. The third-order valence-electron chi connectivity index (χ3n) is 3.84. The average Bonchev–Trinajstić information content (AvgIpc) is 2.37. The number of piperazine rings is 1. The SMILES string of the molecule is CCN1CCN(S(=O)(=O)c2cc(C)cc(N)c2)CC1C. The van der Waals surface area contributed by atoms with Crippen molar-refractivity contribution in [3.63, 3.8) is 0 Å². The molecule has 1 fully saturated rings. The van der Waals surface area contributed by atoms with E-state index in [1.54, 1.807) is 22.5 Å². The summed E-state index contributed by atoms with van der Waals surface area (Å²) in [6, 6.07) is 5.24. The maximum atomic E-state index is 12.7. The van der Waals surface area contributed by atoms with Crippen molar-refractivity contribution in [1.82, 2.24) is 9.21 Å². The van der Waals surface area contributed by atoms with Crippen LogP contribution in [-0.2, 0) is 10.0 Å². The van der Waals surface area contributed by atoms with Gasteiger partial charge in [0.25, 0.3) is 0 Å². The Kier molecular flexibility index (Phi) is 4.36. The first-order chi connectivity index (χ1) is 9.34. The van der Waals surface area contributed by atoms with Crippen molar-refractivity contribution in [2.24, 2.45) is 0 Å². The quantitative estimate of drug-likeness (QED) is 0.854. The highest BCUT2D eigenvalue weighted by Gasteiger charge is 2.31. The van der Waals surface area contributed by atoms with Crippen LogP contribution in [0.2, 0.25) is 0 Å². The lowest BCUT2D eigenvalue weighted by Crippen LogP contribution is -2.53. The van der Waals surface area contributed by atoms with Gasteiger partial charge in [0, 0.05) is 31.4 Å². The number of rotatable bonds is 3. The van der Waals surface area contributed by atoms with Gasteiger partial charge in [0.2, 0.25) is 10.0 Å². The molecule has 1 aliphatic rings. The van der Waals surface area contributed by atoms with E-state index in [1.165, 1.54) is 0 Å². The molecule has 0 radical (unpaired) electrons. The summed E-state index contributed by atoms with van der Waals surface area (Å²) in [4.78, 5) is 2.59. The number of anilines is 1. The molecule has 0 amide bonds. The normalized spacial score (nSPS) is 22.1. The molecule has 1 aliphatic heterocycles. The van der Waals surface area contributed by atoms with Crippen LogP contribution in [0.5, 0.6) is 0 Å². The molecular weight excluding hydrogens is 274 g/mol. The molecule has 0 saturated carbocycles. The van der Waals surface area contributed by atoms with Gasteiger partial charge in [-0.15, -0.1) is 0 Å². The average molecular weight is 297 g/mol. The minimum atomic E-state index is -3.44. The zero-order valence-corrected chi connectivity index (χ0v) is 13.2. The van der Waals surface area contributed by atoms with Crippen LogP contribution < -0.4 is 5.73 Å². The molecule has 112 valence electrons. The Morgan fingerprint density at radius 1 is 1.30 bits per heavy atom. The fourth-order valence-corrected chi connectivity index (χ4v) is 4.38. The highest BCUT2D eigenvalue weighted by molar-refractivity contribution is 7.89. The van der Waals surface area contributed by atoms with Gasteiger partial charge in [-0.25, -0.2) is 8.42 Å². The lowest BCUT2D eigenvalue weighted by atomic mass is 10.2. The lowest BCUT2D eigenvalue weighted by Gasteiger charge is -2.38. The number of nitrogens with zero attached hydrogens (tertiary/aromatic N) is 2. The third kappa shape index (κ3) is 2.97. The maximum Gasteiger partial charge on any atom is 0.243 e. The molecule has 0 bridgehead atoms. The van der Waals surface area contributed by atoms with E-state index >= 15 is 0 Å². The molecule has 1 aromatic rings. The Hall–Kier alpha value is -1.11. The van der Waals surface area contributed by atoms with Crippen LogP contribution in [0.4, 0.5) is 5.69 Å². The van der Waals surface area contributed by atoms with Crippen LogP contribution in [0, 0.1) is 6.92 Å². The monoisotopic (exact) mass is 297 g/mol. The largest absolute Gasteiger partial charge is 0.399 e. The minimum Gasteiger partial charge on any atom is -0.399 e. The Balaban J connectivity index is 2.27. The molecule has 1 unspecified atom stereocenters. The Labute approximate surface area is 121 Å². The smallest absolute Gasteiger partial charge is 0.243 e. The molecule has 1 aromatic carbocycles. The molecule has 1 heterocycles. The number of sulfonamides is 1. The minimum absolute atomic E-state index is 0.241. The van der Waals surface area contributed by atoms with Gasteiger partial charge in [0.15, 0.2) is 0 Å². The number of hydrogen-bond acceptors (Lipinski definition) is 4. The number of hydrogen-bond donors (Lipinski definition) is 1. The Bertz CT molecular complexity index is 566. The van der Waals surface area contributed by atoms with Gasteiger partial charge < -0.3 is 5.73 Å². The Morgan fingerprint density at radius 3 is 2.55 bits per heavy atom. The molecule has 5 nitrogen and oxygen atoms in total. The van der Waals surface area contributed by atoms with Gasteiger partial charge in [0.1, 0.15) is 0 Å². The highest BCUT2D eigenvalue weighted by Crippen LogP contribution is 2.22. The molecule has 2 rings (SSSR count). The number of aryl methyl sites for hydroxylation is 1. The van der Waals surface area contributed by atoms with Crippen LogP contribution >= 0.6 is 0 Å². The fraction of sp³-hybridized carbons (Fsp3) is 0.571. The van der Waals surface area contributed by atoms with Gasteiger partial charge in [-0.3, -0.25) is 4.90 Å². The Morgan fingerprint density at radius 2 is 2.00 bits per heavy atom. The first-order valence-electron chi connectivity index (χ1n) is 6.96. The first-order valence-corrected chi connectivity index (χ1v) is 8.40. The van der Waals surface area contributed by atoms with Crippen molar-refractivity contribution < 1.29 is 8.42 Å². The molecule has 2 N–H and O–H groups in total. The summed E-state index contributed by atoms with van der Waals surface area (Å²) in [6.45, 7) is 8.81. The number of likely N-dealkylation sites (N-methyl/N-ethyl adjacent to an activating group) is 1. The lowest BCUT2D eigenvalue weighted by molar-refractivity contribution is 0.135. The summed E-state index contributed by atoms with van der Waals surface area (Å²) in [7, 11) is -3.44. The van der Waals surface area contributed by atoms with Crippen molar-refractivity contribution in [2.45, 2.75) is 31.7 Å². The number of nitrogens with two attached hydrogens (primary N) is 1. The van der Waals surface area contributed by atoms with E-state index in [9.17, 15) is 8.42 Å². The van der Waals surface area contributed by atoms with E-state index in [0.29, 0.717) is 23.7 Å². The molecule has 1 saturated heterocycles. The third-order valence-corrected chi connectivity index (χ3v) is 5.69. The second-order valence-electron chi connectivity index (χ2n) is 5.42. The van der Waals surface area contributed by atoms with E-state index in [4.69, 9.17) is 5.73 Å². The van der Waals surface area contributed by atoms with Crippen LogP contribution in [0.3, 0.4) is 0 Å². The number of benzene rings is 1. The molecule has 20 heavy (non-hydrogen) atoms. The van der Waals surface area contributed by atoms with Gasteiger partial charge >= 0.3 is 0 Å². The van der Waals surface area contributed by atoms with Gasteiger partial charge in [-0.1, -0.05) is 6.92 Å². The summed E-state index contributed by atoms with van der Waals surface area (Å²) < 4.78 is 26.9. The molecule has 0 spiro atoms. The van der Waals surface area contributed by atoms with Crippen molar-refractivity contribution in [3.8, 4) is 0 Å². The van der Waals surface area contributed by atoms with E-state index in [1.807, 2.05) is 6.92 Å². The number of nitrogen functional groups attached to an aromatic ring is 1. The van der Waals surface area contributed by atoms with Crippen molar-refractivity contribution in [1.29, 1.82) is 0 Å². The standard InChI is InChI=1S/C14H23N3O2S/c1-4-16-5-6-17(10-12(16)3)20(18,19)14-8-11(2)7-13(15)9-14/h7-9,12H,4-6,10,15H2,1-3H3. The van der Waals surface area contributed by atoms with E-state index in [-0.39, 0.29) is 6.04 Å². The molecular formula is C14H23N3O2S. The summed E-state index contributed by atoms with van der Waals surface area (Å²) in [6.07, 6.45) is 0. The zero-order chi connectivity index (χ0) is 14.9. The fourth-order valence-electron chi connectivity index (χ4n) is 2.72. The second kappa shape index (κ2) is 5.71. The summed E-state index contributed by atoms with van der Waals surface area (Å²) >= 11 is 0. The topological polar surface area (TPSA) is 66.6 Å². The van der Waals surface area contributed by atoms with Gasteiger partial charge in [0.05, 0.1) is 4.90 Å².